The number of unbranched alkanes of at least 4 members (excludes halogenated alkanes) is 3. The number of benzene rings is 3. The van der Waals surface area contributed by atoms with Gasteiger partial charge in [-0.2, -0.15) is 0 Å². The van der Waals surface area contributed by atoms with Gasteiger partial charge in [-0.25, -0.2) is 0 Å². The van der Waals surface area contributed by atoms with Crippen molar-refractivity contribution in [1.82, 2.24) is 0 Å². The molecule has 5 heteroatoms. The Kier molecular flexibility index (Phi) is 9.70. The number of aryl methyl sites for hydroxylation is 3. The van der Waals surface area contributed by atoms with Crippen LogP contribution in [-0.4, -0.2) is 11.1 Å². The number of nitrogens with one attached hydrogen (secondary N) is 1. The average Bonchev–Trinajstić information content (AvgIpc) is 2.80. The van der Waals surface area contributed by atoms with E-state index in [-0.39, 0.29) is 6.42 Å². The van der Waals surface area contributed by atoms with Crippen molar-refractivity contribution in [3.63, 3.8) is 0 Å². The Morgan fingerprint density at radius 2 is 1.58 bits per heavy atom. The number of hydrogen-bond donors (Lipinski definition) is 2. The maximum Gasteiger partial charge on any atom is 0.303 e. The average molecular weight is 464 g/mol. The summed E-state index contributed by atoms with van der Waals surface area (Å²) in [7, 11) is 0. The fourth-order valence-electron chi connectivity index (χ4n) is 3.74. The minimum absolute atomic E-state index is 0.275. The molecule has 3 aromatic carbocycles. The molecule has 3 aromatic rings. The van der Waals surface area contributed by atoms with E-state index < -0.39 is 5.97 Å². The monoisotopic (exact) mass is 463 g/mol. The predicted octanol–water partition coefficient (Wildman–Crippen LogP) is 7.58. The number of ether oxygens (including phenoxy) is 1. The molecule has 33 heavy (non-hydrogen) atoms. The predicted molar refractivity (Wildman–Crippen MR) is 137 cm³/mol. The van der Waals surface area contributed by atoms with Crippen LogP contribution in [-0.2, 0) is 17.8 Å². The summed E-state index contributed by atoms with van der Waals surface area (Å²) in [5.41, 5.74) is 5.91. The van der Waals surface area contributed by atoms with Crippen molar-refractivity contribution in [3.8, 4) is 5.75 Å². The number of rotatable bonds is 13. The topological polar surface area (TPSA) is 58.6 Å². The van der Waals surface area contributed by atoms with Crippen LogP contribution in [0.4, 0.5) is 5.69 Å². The Balaban J connectivity index is 1.50. The fraction of sp³-hybridized carbons (Fsp3) is 0.321. The molecule has 0 saturated heterocycles. The Morgan fingerprint density at radius 1 is 0.879 bits per heavy atom. The van der Waals surface area contributed by atoms with Crippen LogP contribution in [0.5, 0.6) is 5.75 Å². The highest BCUT2D eigenvalue weighted by atomic mass is 32.2. The van der Waals surface area contributed by atoms with Crippen LogP contribution in [0.15, 0.2) is 71.6 Å². The largest absolute Gasteiger partial charge is 0.489 e. The van der Waals surface area contributed by atoms with Crippen LogP contribution < -0.4 is 9.46 Å². The molecule has 0 aliphatic rings. The first-order valence-corrected chi connectivity index (χ1v) is 12.3. The van der Waals surface area contributed by atoms with Crippen molar-refractivity contribution in [3.05, 3.63) is 89.0 Å². The normalized spacial score (nSPS) is 10.7. The third-order valence-electron chi connectivity index (χ3n) is 5.53. The van der Waals surface area contributed by atoms with Crippen LogP contribution >= 0.6 is 11.9 Å². The van der Waals surface area contributed by atoms with Gasteiger partial charge in [0.15, 0.2) is 0 Å². The van der Waals surface area contributed by atoms with E-state index in [4.69, 9.17) is 9.84 Å². The van der Waals surface area contributed by atoms with Gasteiger partial charge in [-0.15, -0.1) is 0 Å². The van der Waals surface area contributed by atoms with Crippen molar-refractivity contribution >= 4 is 23.6 Å². The van der Waals surface area contributed by atoms with E-state index in [2.05, 4.69) is 67.1 Å². The maximum atomic E-state index is 10.6. The molecule has 0 aromatic heterocycles. The zero-order valence-electron chi connectivity index (χ0n) is 19.5. The molecule has 0 radical (unpaired) electrons. The highest BCUT2D eigenvalue weighted by Crippen LogP contribution is 2.31. The molecule has 0 amide bonds. The van der Waals surface area contributed by atoms with Gasteiger partial charge in [0, 0.05) is 11.3 Å². The summed E-state index contributed by atoms with van der Waals surface area (Å²) < 4.78 is 9.52. The lowest BCUT2D eigenvalue weighted by Crippen LogP contribution is -1.99. The van der Waals surface area contributed by atoms with Crippen molar-refractivity contribution in [1.29, 1.82) is 0 Å². The van der Waals surface area contributed by atoms with E-state index in [9.17, 15) is 4.79 Å². The third-order valence-corrected chi connectivity index (χ3v) is 6.33. The van der Waals surface area contributed by atoms with Crippen LogP contribution in [0, 0.1) is 13.8 Å². The Bertz CT molecular complexity index is 1010. The smallest absolute Gasteiger partial charge is 0.303 e. The summed E-state index contributed by atoms with van der Waals surface area (Å²) in [5.74, 6) is 0.182. The Morgan fingerprint density at radius 3 is 2.30 bits per heavy atom. The van der Waals surface area contributed by atoms with Crippen molar-refractivity contribution < 1.29 is 14.6 Å². The van der Waals surface area contributed by atoms with Crippen LogP contribution in [0.25, 0.3) is 0 Å². The summed E-state index contributed by atoms with van der Waals surface area (Å²) in [5, 5.41) is 8.71. The van der Waals surface area contributed by atoms with Gasteiger partial charge >= 0.3 is 5.97 Å². The molecule has 0 aliphatic carbocycles. The van der Waals surface area contributed by atoms with E-state index >= 15 is 0 Å². The summed E-state index contributed by atoms with van der Waals surface area (Å²) in [6, 6.07) is 23.0. The minimum atomic E-state index is -0.702. The van der Waals surface area contributed by atoms with Gasteiger partial charge in [0.2, 0.25) is 0 Å². The summed E-state index contributed by atoms with van der Waals surface area (Å²) in [6.45, 7) is 4.77. The van der Waals surface area contributed by atoms with Gasteiger partial charge in [0.25, 0.3) is 0 Å². The van der Waals surface area contributed by atoms with E-state index in [0.29, 0.717) is 6.61 Å². The highest BCUT2D eigenvalue weighted by molar-refractivity contribution is 8.00. The van der Waals surface area contributed by atoms with Crippen LogP contribution in [0.2, 0.25) is 0 Å². The van der Waals surface area contributed by atoms with E-state index in [1.807, 2.05) is 18.2 Å². The molecule has 0 heterocycles. The van der Waals surface area contributed by atoms with Gasteiger partial charge in [-0.05, 0) is 91.6 Å². The van der Waals surface area contributed by atoms with Gasteiger partial charge in [-0.3, -0.25) is 4.79 Å². The second kappa shape index (κ2) is 12.9. The molecule has 0 saturated carbocycles. The molecular formula is C28H33NO3S. The van der Waals surface area contributed by atoms with Crippen molar-refractivity contribution in [2.45, 2.75) is 63.9 Å². The SMILES string of the molecule is Cc1cc(OCc2ccccc2)cc(C)c1NSc1cccc(CCCCCCC(=O)O)c1. The second-order valence-electron chi connectivity index (χ2n) is 8.37. The summed E-state index contributed by atoms with van der Waals surface area (Å²) in [4.78, 5) is 11.8. The van der Waals surface area contributed by atoms with E-state index in [1.54, 1.807) is 11.9 Å². The number of carbonyl (C=O) groups is 1. The molecule has 0 aliphatic heterocycles. The maximum absolute atomic E-state index is 10.6. The zero-order valence-corrected chi connectivity index (χ0v) is 20.3. The first-order valence-electron chi connectivity index (χ1n) is 11.5. The minimum Gasteiger partial charge on any atom is -0.489 e. The Hall–Kier alpha value is -2.92. The first kappa shape index (κ1) is 24.7. The lowest BCUT2D eigenvalue weighted by molar-refractivity contribution is -0.137. The summed E-state index contributed by atoms with van der Waals surface area (Å²) >= 11 is 1.63. The quantitative estimate of drug-likeness (QED) is 0.202. The number of hydrogen-bond acceptors (Lipinski definition) is 4. The lowest BCUT2D eigenvalue weighted by atomic mass is 10.1. The molecule has 0 unspecified atom stereocenters. The molecule has 2 N–H and O–H groups in total. The second-order valence-corrected chi connectivity index (χ2v) is 9.25. The molecule has 174 valence electrons. The van der Waals surface area contributed by atoms with E-state index in [1.165, 1.54) is 10.5 Å². The van der Waals surface area contributed by atoms with Gasteiger partial charge < -0.3 is 14.6 Å². The zero-order chi connectivity index (χ0) is 23.5. The summed E-state index contributed by atoms with van der Waals surface area (Å²) in [6.07, 6.45) is 5.20. The number of carboxylic acids is 1. The molecule has 0 spiro atoms. The van der Waals surface area contributed by atoms with Gasteiger partial charge in [-0.1, -0.05) is 55.3 Å². The molecule has 0 atom stereocenters. The molecule has 4 nitrogen and oxygen atoms in total. The third kappa shape index (κ3) is 8.50. The molecule has 0 bridgehead atoms. The number of carboxylic acid groups (broad SMARTS) is 1. The van der Waals surface area contributed by atoms with Crippen LogP contribution in [0.1, 0.15) is 54.4 Å². The molecular weight excluding hydrogens is 430 g/mol. The first-order chi connectivity index (χ1) is 16.0. The number of aliphatic carboxylic acids is 1. The molecule has 3 rings (SSSR count). The van der Waals surface area contributed by atoms with Gasteiger partial charge in [0.1, 0.15) is 12.4 Å². The molecule has 0 fully saturated rings. The lowest BCUT2D eigenvalue weighted by Gasteiger charge is -2.15. The fourth-order valence-corrected chi connectivity index (χ4v) is 4.64. The van der Waals surface area contributed by atoms with E-state index in [0.717, 1.165) is 60.2 Å². The van der Waals surface area contributed by atoms with Crippen molar-refractivity contribution in [2.24, 2.45) is 0 Å². The highest BCUT2D eigenvalue weighted by Gasteiger charge is 2.08. The van der Waals surface area contributed by atoms with Crippen LogP contribution in [0.3, 0.4) is 0 Å². The Labute approximate surface area is 201 Å². The number of anilines is 1. The van der Waals surface area contributed by atoms with Gasteiger partial charge in [0.05, 0.1) is 5.69 Å². The standard InChI is InChI=1S/C28H33NO3S/c1-21-17-25(32-20-24-12-7-5-8-13-24)18-22(2)28(21)29-33-26-15-10-14-23(19-26)11-6-3-4-9-16-27(30)31/h5,7-8,10,12-15,17-19,29H,3-4,6,9,11,16,20H2,1-2H3,(H,30,31). The van der Waals surface area contributed by atoms with Crippen molar-refractivity contribution in [2.75, 3.05) is 4.72 Å².